The van der Waals surface area contributed by atoms with Crippen LogP contribution in [0.5, 0.6) is 0 Å². The number of rotatable bonds is 5. The molecule has 2 N–H and O–H groups in total. The Labute approximate surface area is 170 Å². The number of nitrogens with one attached hydrogen (secondary N) is 2. The molecule has 1 atom stereocenters. The summed E-state index contributed by atoms with van der Waals surface area (Å²) in [6.07, 6.45) is 4.22. The summed E-state index contributed by atoms with van der Waals surface area (Å²) >= 11 is 1.84. The van der Waals surface area contributed by atoms with Crippen LogP contribution in [0.3, 0.4) is 0 Å². The Morgan fingerprint density at radius 3 is 2.79 bits per heavy atom. The van der Waals surface area contributed by atoms with Gasteiger partial charge in [0.2, 0.25) is 0 Å². The van der Waals surface area contributed by atoms with Gasteiger partial charge in [0.15, 0.2) is 5.82 Å². The number of para-hydroxylation sites is 1. The second-order valence-electron chi connectivity index (χ2n) is 7.28. The second kappa shape index (κ2) is 7.76. The average Bonchev–Trinajstić information content (AvgIpc) is 3.23. The number of hydrogen-bond acceptors (Lipinski definition) is 4. The molecule has 4 nitrogen and oxygen atoms in total. The molecule has 5 heteroatoms. The van der Waals surface area contributed by atoms with E-state index in [1.54, 1.807) is 0 Å². The zero-order valence-corrected chi connectivity index (χ0v) is 17.5. The largest absolute Gasteiger partial charge is 0.373 e. The number of unbranched alkanes of at least 4 members (excludes halogenated alkanes) is 1. The summed E-state index contributed by atoms with van der Waals surface area (Å²) in [5.41, 5.74) is 6.76. The van der Waals surface area contributed by atoms with E-state index in [0.29, 0.717) is 0 Å². The summed E-state index contributed by atoms with van der Waals surface area (Å²) in [6.45, 7) is 11.7. The first-order chi connectivity index (χ1) is 13.6. The fourth-order valence-electron chi connectivity index (χ4n) is 3.61. The fraction of sp³-hybridized carbons (Fsp3) is 0.304. The lowest BCUT2D eigenvalue weighted by atomic mass is 9.96. The number of hydrogen-bond donors (Lipinski definition) is 2. The molecule has 0 fully saturated rings. The zero-order valence-electron chi connectivity index (χ0n) is 16.7. The van der Waals surface area contributed by atoms with Gasteiger partial charge in [0.25, 0.3) is 0 Å². The second-order valence-corrected chi connectivity index (χ2v) is 8.56. The lowest BCUT2D eigenvalue weighted by Crippen LogP contribution is -2.10. The monoisotopic (exact) mass is 390 g/mol. The van der Waals surface area contributed by atoms with Crippen molar-refractivity contribution in [2.24, 2.45) is 10.2 Å². The third-order valence-electron chi connectivity index (χ3n) is 5.31. The maximum absolute atomic E-state index is 4.52. The lowest BCUT2D eigenvalue weighted by molar-refractivity contribution is 0.779. The van der Waals surface area contributed by atoms with Crippen LogP contribution in [-0.2, 0) is 0 Å². The molecule has 0 saturated heterocycles. The van der Waals surface area contributed by atoms with Crippen molar-refractivity contribution in [2.75, 3.05) is 11.9 Å². The van der Waals surface area contributed by atoms with Gasteiger partial charge in [0, 0.05) is 38.3 Å². The van der Waals surface area contributed by atoms with Gasteiger partial charge in [-0.25, -0.2) is 0 Å². The minimum absolute atomic E-state index is 0.0589. The quantitative estimate of drug-likeness (QED) is 0.352. The Morgan fingerprint density at radius 1 is 1.21 bits per heavy atom. The standard InChI is InChI=1S/C23H26N4S/c1-5-6-11-25-27-23-21-15(3)17-9-7-8-10-19(17)26-22(18(21)13-24-23)20-12-14(2)16(4)28-20/h7-10,12-13,22,24,26H,3,5-6,11H2,1-2,4H3. The summed E-state index contributed by atoms with van der Waals surface area (Å²) in [5.74, 6) is 0.796. The van der Waals surface area contributed by atoms with E-state index >= 15 is 0 Å². The minimum Gasteiger partial charge on any atom is -0.373 e. The Bertz CT molecular complexity index is 1020. The van der Waals surface area contributed by atoms with Crippen molar-refractivity contribution in [1.82, 2.24) is 4.98 Å². The fourth-order valence-corrected chi connectivity index (χ4v) is 4.72. The number of azo groups is 1. The molecule has 0 bridgehead atoms. The molecule has 1 aliphatic rings. The van der Waals surface area contributed by atoms with E-state index in [2.05, 4.69) is 84.4 Å². The highest BCUT2D eigenvalue weighted by molar-refractivity contribution is 7.12. The third-order valence-corrected chi connectivity index (χ3v) is 6.52. The van der Waals surface area contributed by atoms with E-state index < -0.39 is 0 Å². The highest BCUT2D eigenvalue weighted by Gasteiger charge is 2.29. The molecule has 4 rings (SSSR count). The number of aryl methyl sites for hydroxylation is 2. The van der Waals surface area contributed by atoms with Crippen LogP contribution in [0.1, 0.15) is 57.8 Å². The first kappa shape index (κ1) is 18.7. The van der Waals surface area contributed by atoms with Crippen LogP contribution in [0.15, 0.2) is 53.3 Å². The van der Waals surface area contributed by atoms with Gasteiger partial charge in [-0.3, -0.25) is 0 Å². The molecular weight excluding hydrogens is 364 g/mol. The number of aromatic nitrogens is 1. The Hall–Kier alpha value is -2.66. The van der Waals surface area contributed by atoms with Gasteiger partial charge in [-0.1, -0.05) is 38.1 Å². The first-order valence-electron chi connectivity index (χ1n) is 9.81. The summed E-state index contributed by atoms with van der Waals surface area (Å²) in [7, 11) is 0. The molecule has 1 aliphatic heterocycles. The van der Waals surface area contributed by atoms with E-state index in [9.17, 15) is 0 Å². The Morgan fingerprint density at radius 2 is 2.04 bits per heavy atom. The summed E-state index contributed by atoms with van der Waals surface area (Å²) in [4.78, 5) is 6.00. The van der Waals surface area contributed by atoms with Crippen LogP contribution in [0.25, 0.3) is 5.57 Å². The molecule has 3 aromatic rings. The maximum Gasteiger partial charge on any atom is 0.160 e. The molecule has 0 amide bonds. The van der Waals surface area contributed by atoms with Gasteiger partial charge in [-0.05, 0) is 43.5 Å². The number of fused-ring (bicyclic) bond motifs is 2. The van der Waals surface area contributed by atoms with Gasteiger partial charge in [-0.15, -0.1) is 16.5 Å². The Kier molecular flexibility index (Phi) is 5.18. The predicted octanol–water partition coefficient (Wildman–Crippen LogP) is 7.15. The molecule has 0 saturated carbocycles. The number of benzene rings is 1. The molecule has 0 spiro atoms. The first-order valence-corrected chi connectivity index (χ1v) is 10.6. The zero-order chi connectivity index (χ0) is 19.7. The molecule has 28 heavy (non-hydrogen) atoms. The number of nitrogens with zero attached hydrogens (tertiary/aromatic N) is 2. The van der Waals surface area contributed by atoms with Gasteiger partial charge in [0.05, 0.1) is 12.6 Å². The third kappa shape index (κ3) is 3.31. The van der Waals surface area contributed by atoms with Crippen LogP contribution in [0, 0.1) is 13.8 Å². The highest BCUT2D eigenvalue weighted by atomic mass is 32.1. The van der Waals surface area contributed by atoms with Gasteiger partial charge >= 0.3 is 0 Å². The number of aromatic amines is 1. The molecular formula is C23H26N4S. The Balaban J connectivity index is 1.85. The van der Waals surface area contributed by atoms with Crippen molar-refractivity contribution in [1.29, 1.82) is 0 Å². The molecule has 0 radical (unpaired) electrons. The maximum atomic E-state index is 4.52. The molecule has 1 unspecified atom stereocenters. The number of thiophene rings is 1. The van der Waals surface area contributed by atoms with Crippen molar-refractivity contribution < 1.29 is 0 Å². The topological polar surface area (TPSA) is 52.5 Å². The van der Waals surface area contributed by atoms with Crippen molar-refractivity contribution in [3.8, 4) is 0 Å². The van der Waals surface area contributed by atoms with Crippen molar-refractivity contribution in [3.05, 3.63) is 75.1 Å². The highest BCUT2D eigenvalue weighted by Crippen LogP contribution is 2.45. The smallest absolute Gasteiger partial charge is 0.160 e. The number of H-pyrrole nitrogens is 1. The average molecular weight is 391 g/mol. The summed E-state index contributed by atoms with van der Waals surface area (Å²) in [6, 6.07) is 10.7. The lowest BCUT2D eigenvalue weighted by Gasteiger charge is -2.17. The van der Waals surface area contributed by atoms with Crippen molar-refractivity contribution in [3.63, 3.8) is 0 Å². The van der Waals surface area contributed by atoms with Gasteiger partial charge in [-0.2, -0.15) is 5.11 Å². The number of anilines is 1. The normalized spacial score (nSPS) is 16.0. The SMILES string of the molecule is C=C1c2ccccc2NC(c2cc(C)c(C)s2)c2c[nH]c(N=NCCCC)c21. The van der Waals surface area contributed by atoms with E-state index in [0.717, 1.165) is 47.6 Å². The van der Waals surface area contributed by atoms with Crippen LogP contribution >= 0.6 is 11.3 Å². The van der Waals surface area contributed by atoms with Crippen LogP contribution < -0.4 is 5.32 Å². The van der Waals surface area contributed by atoms with Crippen molar-refractivity contribution >= 4 is 28.4 Å². The molecule has 2 aromatic heterocycles. The van der Waals surface area contributed by atoms with Crippen molar-refractivity contribution in [2.45, 2.75) is 39.7 Å². The molecule has 0 aliphatic carbocycles. The van der Waals surface area contributed by atoms with Gasteiger partial charge < -0.3 is 10.3 Å². The van der Waals surface area contributed by atoms with E-state index in [4.69, 9.17) is 0 Å². The summed E-state index contributed by atoms with van der Waals surface area (Å²) in [5, 5.41) is 12.7. The molecule has 144 valence electrons. The van der Waals surface area contributed by atoms with Crippen LogP contribution in [0.2, 0.25) is 0 Å². The molecule has 1 aromatic carbocycles. The summed E-state index contributed by atoms with van der Waals surface area (Å²) < 4.78 is 0. The van der Waals surface area contributed by atoms with Gasteiger partial charge in [0.1, 0.15) is 0 Å². The van der Waals surface area contributed by atoms with Crippen LogP contribution in [0.4, 0.5) is 11.5 Å². The minimum atomic E-state index is 0.0589. The van der Waals surface area contributed by atoms with Crippen LogP contribution in [-0.4, -0.2) is 11.5 Å². The van der Waals surface area contributed by atoms with E-state index in [-0.39, 0.29) is 6.04 Å². The van der Waals surface area contributed by atoms with E-state index in [1.165, 1.54) is 20.9 Å². The molecule has 3 heterocycles. The predicted molar refractivity (Wildman–Crippen MR) is 119 cm³/mol. The van der Waals surface area contributed by atoms with E-state index in [1.807, 2.05) is 11.3 Å².